The minimum Gasteiger partial charge on any atom is -0.460 e. The van der Waals surface area contributed by atoms with Crippen LogP contribution in [-0.2, 0) is 10.9 Å². The number of alkyl halides is 3. The fourth-order valence-corrected chi connectivity index (χ4v) is 1.21. The molecule has 0 atom stereocenters. The maximum atomic E-state index is 12.7. The van der Waals surface area contributed by atoms with Gasteiger partial charge < -0.3 is 14.5 Å². The van der Waals surface area contributed by atoms with E-state index in [4.69, 9.17) is 4.42 Å². The van der Waals surface area contributed by atoms with E-state index < -0.39 is 23.6 Å². The van der Waals surface area contributed by atoms with Gasteiger partial charge >= 0.3 is 12.1 Å². The van der Waals surface area contributed by atoms with Crippen LogP contribution in [0.5, 0.6) is 0 Å². The average Bonchev–Trinajstić information content (AvgIpc) is 2.70. The Morgan fingerprint density at radius 2 is 2.11 bits per heavy atom. The third kappa shape index (κ3) is 4.15. The highest BCUT2D eigenvalue weighted by molar-refractivity contribution is 5.88. The van der Waals surface area contributed by atoms with Crippen LogP contribution in [0.15, 0.2) is 4.42 Å². The average molecular weight is 280 g/mol. The maximum Gasteiger partial charge on any atom is 0.437 e. The van der Waals surface area contributed by atoms with Crippen LogP contribution < -0.4 is 5.32 Å². The van der Waals surface area contributed by atoms with Gasteiger partial charge in [-0.2, -0.15) is 18.2 Å². The minimum absolute atomic E-state index is 0.0500. The lowest BCUT2D eigenvalue weighted by molar-refractivity contribution is -0.141. The number of rotatable bonds is 5. The molecule has 0 fully saturated rings. The molecule has 0 aromatic carbocycles. The quantitative estimate of drug-likeness (QED) is 0.840. The van der Waals surface area contributed by atoms with Crippen LogP contribution >= 0.6 is 0 Å². The summed E-state index contributed by atoms with van der Waals surface area (Å²) < 4.78 is 47.4. The normalized spacial score (nSPS) is 11.7. The van der Waals surface area contributed by atoms with Crippen molar-refractivity contribution >= 4 is 12.0 Å². The number of nitrogens with zero attached hydrogens (tertiary/aromatic N) is 1. The standard InChI is InChI=1S/C11H15F3N2O3/c1-4-18-9(17)7-8(11(12,13)14)16-10(19-7)15-5-6(2)3/h6H,4-5H2,1-3H3,(H,15,16). The van der Waals surface area contributed by atoms with E-state index in [1.807, 2.05) is 13.8 Å². The van der Waals surface area contributed by atoms with Crippen LogP contribution in [-0.4, -0.2) is 24.1 Å². The van der Waals surface area contributed by atoms with Gasteiger partial charge in [0.2, 0.25) is 5.76 Å². The second kappa shape index (κ2) is 5.94. The monoisotopic (exact) mass is 280 g/mol. The third-order valence-electron chi connectivity index (χ3n) is 2.02. The molecular weight excluding hydrogens is 265 g/mol. The Labute approximate surface area is 108 Å². The Bertz CT molecular complexity index is 441. The first kappa shape index (κ1) is 15.3. The Balaban J connectivity index is 3.02. The summed E-state index contributed by atoms with van der Waals surface area (Å²) in [6.07, 6.45) is -4.77. The molecule has 0 aliphatic carbocycles. The number of hydrogen-bond donors (Lipinski definition) is 1. The SMILES string of the molecule is CCOC(=O)c1oc(NCC(C)C)nc1C(F)(F)F. The van der Waals surface area contributed by atoms with Gasteiger partial charge in [0.25, 0.3) is 6.01 Å². The van der Waals surface area contributed by atoms with Crippen molar-refractivity contribution in [2.75, 3.05) is 18.5 Å². The molecule has 0 amide bonds. The van der Waals surface area contributed by atoms with Crippen molar-refractivity contribution < 1.29 is 27.1 Å². The Morgan fingerprint density at radius 1 is 1.47 bits per heavy atom. The molecule has 1 rings (SSSR count). The molecule has 0 unspecified atom stereocenters. The van der Waals surface area contributed by atoms with Gasteiger partial charge in [-0.3, -0.25) is 0 Å². The smallest absolute Gasteiger partial charge is 0.437 e. The van der Waals surface area contributed by atoms with Gasteiger partial charge in [0, 0.05) is 6.54 Å². The molecule has 1 heterocycles. The summed E-state index contributed by atoms with van der Waals surface area (Å²) in [7, 11) is 0. The number of carbonyl (C=O) groups excluding carboxylic acids is 1. The zero-order valence-electron chi connectivity index (χ0n) is 10.8. The molecule has 8 heteroatoms. The highest BCUT2D eigenvalue weighted by Gasteiger charge is 2.41. The molecule has 0 bridgehead atoms. The van der Waals surface area contributed by atoms with E-state index in [0.717, 1.165) is 0 Å². The predicted molar refractivity (Wildman–Crippen MR) is 60.8 cm³/mol. The van der Waals surface area contributed by atoms with E-state index in [1.165, 1.54) is 6.92 Å². The maximum absolute atomic E-state index is 12.7. The van der Waals surface area contributed by atoms with E-state index >= 15 is 0 Å². The lowest BCUT2D eigenvalue weighted by Crippen LogP contribution is -2.14. The van der Waals surface area contributed by atoms with Crippen molar-refractivity contribution in [2.24, 2.45) is 5.92 Å². The molecule has 1 aromatic heterocycles. The number of halogens is 3. The lowest BCUT2D eigenvalue weighted by Gasteiger charge is -2.03. The molecular formula is C11H15F3N2O3. The summed E-state index contributed by atoms with van der Waals surface area (Å²) in [6, 6.07) is -0.343. The lowest BCUT2D eigenvalue weighted by atomic mass is 10.2. The van der Waals surface area contributed by atoms with Gasteiger partial charge in [0.1, 0.15) is 0 Å². The van der Waals surface area contributed by atoms with Crippen LogP contribution in [0.4, 0.5) is 19.2 Å². The van der Waals surface area contributed by atoms with Gasteiger partial charge in [0.15, 0.2) is 5.69 Å². The molecule has 19 heavy (non-hydrogen) atoms. The van der Waals surface area contributed by atoms with E-state index in [2.05, 4.69) is 15.0 Å². The van der Waals surface area contributed by atoms with Gasteiger partial charge in [-0.1, -0.05) is 13.8 Å². The number of esters is 1. The zero-order valence-corrected chi connectivity index (χ0v) is 10.8. The Hall–Kier alpha value is -1.73. The van der Waals surface area contributed by atoms with Gasteiger partial charge in [-0.05, 0) is 12.8 Å². The van der Waals surface area contributed by atoms with Gasteiger partial charge in [-0.15, -0.1) is 0 Å². The second-order valence-corrected chi connectivity index (χ2v) is 4.19. The third-order valence-corrected chi connectivity index (χ3v) is 2.02. The van der Waals surface area contributed by atoms with Crippen LogP contribution in [0, 0.1) is 5.92 Å². The summed E-state index contributed by atoms with van der Waals surface area (Å²) >= 11 is 0. The van der Waals surface area contributed by atoms with E-state index in [-0.39, 0.29) is 18.5 Å². The first-order valence-electron chi connectivity index (χ1n) is 5.74. The fourth-order valence-electron chi connectivity index (χ4n) is 1.21. The summed E-state index contributed by atoms with van der Waals surface area (Å²) in [4.78, 5) is 14.6. The van der Waals surface area contributed by atoms with Gasteiger partial charge in [0.05, 0.1) is 6.61 Å². The summed E-state index contributed by atoms with van der Waals surface area (Å²) in [6.45, 7) is 5.55. The summed E-state index contributed by atoms with van der Waals surface area (Å²) in [5.41, 5.74) is -1.38. The van der Waals surface area contributed by atoms with Gasteiger partial charge in [-0.25, -0.2) is 4.79 Å². The number of aromatic nitrogens is 1. The highest BCUT2D eigenvalue weighted by atomic mass is 19.4. The molecule has 0 saturated carbocycles. The first-order valence-corrected chi connectivity index (χ1v) is 5.74. The molecule has 0 radical (unpaired) electrons. The largest absolute Gasteiger partial charge is 0.460 e. The molecule has 0 spiro atoms. The van der Waals surface area contributed by atoms with Crippen molar-refractivity contribution in [2.45, 2.75) is 26.9 Å². The highest BCUT2D eigenvalue weighted by Crippen LogP contribution is 2.33. The number of nitrogens with one attached hydrogen (secondary N) is 1. The van der Waals surface area contributed by atoms with E-state index in [9.17, 15) is 18.0 Å². The Kier molecular flexibility index (Phi) is 4.79. The van der Waals surface area contributed by atoms with Crippen molar-refractivity contribution in [1.29, 1.82) is 0 Å². The fraction of sp³-hybridized carbons (Fsp3) is 0.636. The zero-order chi connectivity index (χ0) is 14.6. The molecule has 108 valence electrons. The molecule has 0 aliphatic heterocycles. The summed E-state index contributed by atoms with van der Waals surface area (Å²) in [5, 5.41) is 2.59. The van der Waals surface area contributed by atoms with Crippen molar-refractivity contribution in [3.63, 3.8) is 0 Å². The Morgan fingerprint density at radius 3 is 2.58 bits per heavy atom. The second-order valence-electron chi connectivity index (χ2n) is 4.19. The van der Waals surface area contributed by atoms with E-state index in [0.29, 0.717) is 6.54 Å². The van der Waals surface area contributed by atoms with Crippen molar-refractivity contribution in [1.82, 2.24) is 4.98 Å². The van der Waals surface area contributed by atoms with Crippen LogP contribution in [0.1, 0.15) is 37.0 Å². The van der Waals surface area contributed by atoms with Crippen LogP contribution in [0.2, 0.25) is 0 Å². The number of hydrogen-bond acceptors (Lipinski definition) is 5. The molecule has 5 nitrogen and oxygen atoms in total. The number of carbonyl (C=O) groups is 1. The molecule has 1 N–H and O–H groups in total. The number of ether oxygens (including phenoxy) is 1. The van der Waals surface area contributed by atoms with Crippen LogP contribution in [0.3, 0.4) is 0 Å². The summed E-state index contributed by atoms with van der Waals surface area (Å²) in [5.74, 6) is -1.92. The number of oxazole rings is 1. The topological polar surface area (TPSA) is 64.4 Å². The van der Waals surface area contributed by atoms with Crippen molar-refractivity contribution in [3.05, 3.63) is 11.5 Å². The molecule has 1 aromatic rings. The first-order chi connectivity index (χ1) is 8.75. The van der Waals surface area contributed by atoms with Crippen LogP contribution in [0.25, 0.3) is 0 Å². The molecule has 0 aliphatic rings. The minimum atomic E-state index is -4.77. The van der Waals surface area contributed by atoms with E-state index in [1.54, 1.807) is 0 Å². The number of anilines is 1. The van der Waals surface area contributed by atoms with Crippen molar-refractivity contribution in [3.8, 4) is 0 Å². The predicted octanol–water partition coefficient (Wildman–Crippen LogP) is 2.94. The molecule has 0 saturated heterocycles.